The minimum absolute atomic E-state index is 0.470. The van der Waals surface area contributed by atoms with Crippen LogP contribution in [0.4, 0.5) is 5.69 Å². The van der Waals surface area contributed by atoms with Crippen molar-refractivity contribution in [2.45, 2.75) is 6.92 Å². The number of pyridine rings is 1. The molecule has 1 aromatic carbocycles. The summed E-state index contributed by atoms with van der Waals surface area (Å²) in [5, 5.41) is 0. The number of nitrogens with two attached hydrogens (primary N) is 1. The molecular weight excluding hydrogens is 200 g/mol. The van der Waals surface area contributed by atoms with Gasteiger partial charge < -0.3 is 10.5 Å². The Morgan fingerprint density at radius 2 is 1.75 bits per heavy atom. The zero-order chi connectivity index (χ0) is 11.5. The lowest BCUT2D eigenvalue weighted by molar-refractivity contribution is 0.401. The molecule has 3 heteroatoms. The molecule has 0 atom stereocenters. The van der Waals surface area contributed by atoms with Crippen molar-refractivity contribution in [2.75, 3.05) is 12.8 Å². The van der Waals surface area contributed by atoms with Crippen molar-refractivity contribution in [1.82, 2.24) is 4.98 Å². The minimum atomic E-state index is 0.470. The summed E-state index contributed by atoms with van der Waals surface area (Å²) in [4.78, 5) is 4.34. The Labute approximate surface area is 94.9 Å². The van der Waals surface area contributed by atoms with Gasteiger partial charge in [0.2, 0.25) is 5.88 Å². The van der Waals surface area contributed by atoms with Gasteiger partial charge in [0.25, 0.3) is 0 Å². The second kappa shape index (κ2) is 4.23. The van der Waals surface area contributed by atoms with Gasteiger partial charge >= 0.3 is 0 Å². The van der Waals surface area contributed by atoms with Crippen LogP contribution in [0.2, 0.25) is 0 Å². The quantitative estimate of drug-likeness (QED) is 0.836. The molecule has 0 saturated heterocycles. The largest absolute Gasteiger partial charge is 0.480 e. The molecule has 2 N–H and O–H groups in total. The molecule has 0 radical (unpaired) electrons. The molecule has 2 aromatic rings. The number of benzene rings is 1. The first-order valence-corrected chi connectivity index (χ1v) is 5.08. The average molecular weight is 214 g/mol. The first-order chi connectivity index (χ1) is 7.70. The van der Waals surface area contributed by atoms with Gasteiger partial charge in [-0.1, -0.05) is 29.8 Å². The predicted octanol–water partition coefficient (Wildman–Crippen LogP) is 2.65. The van der Waals surface area contributed by atoms with Gasteiger partial charge in [-0.15, -0.1) is 0 Å². The van der Waals surface area contributed by atoms with Crippen molar-refractivity contribution < 1.29 is 4.74 Å². The summed E-state index contributed by atoms with van der Waals surface area (Å²) >= 11 is 0. The van der Waals surface area contributed by atoms with Crippen molar-refractivity contribution >= 4 is 5.69 Å². The number of aromatic nitrogens is 1. The Morgan fingerprint density at radius 3 is 2.38 bits per heavy atom. The molecule has 0 bridgehead atoms. The second-order valence-corrected chi connectivity index (χ2v) is 3.66. The lowest BCUT2D eigenvalue weighted by atomic mass is 10.1. The van der Waals surface area contributed by atoms with E-state index in [1.165, 1.54) is 5.56 Å². The fourth-order valence-electron chi connectivity index (χ4n) is 1.50. The fourth-order valence-corrected chi connectivity index (χ4v) is 1.50. The topological polar surface area (TPSA) is 48.1 Å². The van der Waals surface area contributed by atoms with Gasteiger partial charge in [-0.25, -0.2) is 4.98 Å². The first kappa shape index (κ1) is 10.5. The summed E-state index contributed by atoms with van der Waals surface area (Å²) in [6.45, 7) is 2.06. The van der Waals surface area contributed by atoms with Crippen LogP contribution in [0.1, 0.15) is 5.56 Å². The van der Waals surface area contributed by atoms with E-state index in [0.717, 1.165) is 11.3 Å². The highest BCUT2D eigenvalue weighted by Crippen LogP contribution is 2.24. The first-order valence-electron chi connectivity index (χ1n) is 5.08. The van der Waals surface area contributed by atoms with Crippen molar-refractivity contribution in [2.24, 2.45) is 0 Å². The molecule has 0 aliphatic rings. The summed E-state index contributed by atoms with van der Waals surface area (Å²) in [7, 11) is 1.57. The van der Waals surface area contributed by atoms with Gasteiger partial charge in [0.05, 0.1) is 18.5 Å². The molecule has 1 aromatic heterocycles. The van der Waals surface area contributed by atoms with Gasteiger partial charge in [-0.2, -0.15) is 0 Å². The molecule has 0 fully saturated rings. The Bertz CT molecular complexity index is 492. The summed E-state index contributed by atoms with van der Waals surface area (Å²) in [5.74, 6) is 0.470. The number of nitrogens with zero attached hydrogens (tertiary/aromatic N) is 1. The number of ether oxygens (including phenoxy) is 1. The van der Waals surface area contributed by atoms with E-state index in [0.29, 0.717) is 11.6 Å². The van der Waals surface area contributed by atoms with E-state index in [1.54, 1.807) is 13.2 Å². The van der Waals surface area contributed by atoms with Crippen molar-refractivity contribution in [3.05, 3.63) is 42.0 Å². The molecule has 1 heterocycles. The summed E-state index contributed by atoms with van der Waals surface area (Å²) in [6.07, 6.45) is 0. The zero-order valence-electron chi connectivity index (χ0n) is 9.40. The van der Waals surface area contributed by atoms with Crippen LogP contribution in [0.3, 0.4) is 0 Å². The number of aryl methyl sites for hydroxylation is 1. The van der Waals surface area contributed by atoms with Crippen LogP contribution < -0.4 is 10.5 Å². The molecule has 0 spiro atoms. The lowest BCUT2D eigenvalue weighted by Crippen LogP contribution is -1.96. The van der Waals surface area contributed by atoms with Gasteiger partial charge in [-0.05, 0) is 19.1 Å². The molecule has 16 heavy (non-hydrogen) atoms. The van der Waals surface area contributed by atoms with E-state index < -0.39 is 0 Å². The third-order valence-electron chi connectivity index (χ3n) is 2.43. The van der Waals surface area contributed by atoms with E-state index in [1.807, 2.05) is 18.2 Å². The van der Waals surface area contributed by atoms with E-state index in [2.05, 4.69) is 24.0 Å². The third kappa shape index (κ3) is 1.98. The number of rotatable bonds is 2. The number of hydrogen-bond donors (Lipinski definition) is 1. The SMILES string of the molecule is COc1nc(-c2ccc(C)cc2)ccc1N. The van der Waals surface area contributed by atoms with Crippen LogP contribution in [0.25, 0.3) is 11.3 Å². The van der Waals surface area contributed by atoms with E-state index in [9.17, 15) is 0 Å². The molecule has 0 amide bonds. The number of nitrogen functional groups attached to an aromatic ring is 1. The maximum absolute atomic E-state index is 5.71. The molecule has 0 aliphatic heterocycles. The van der Waals surface area contributed by atoms with Crippen LogP contribution in [0.5, 0.6) is 5.88 Å². The third-order valence-corrected chi connectivity index (χ3v) is 2.43. The highest BCUT2D eigenvalue weighted by Gasteiger charge is 2.04. The van der Waals surface area contributed by atoms with Crippen LogP contribution in [-0.4, -0.2) is 12.1 Å². The normalized spacial score (nSPS) is 10.1. The molecule has 0 unspecified atom stereocenters. The minimum Gasteiger partial charge on any atom is -0.480 e. The van der Waals surface area contributed by atoms with Crippen molar-refractivity contribution in [1.29, 1.82) is 0 Å². The van der Waals surface area contributed by atoms with E-state index >= 15 is 0 Å². The molecule has 2 rings (SSSR count). The Balaban J connectivity index is 2.44. The Kier molecular flexibility index (Phi) is 2.77. The summed E-state index contributed by atoms with van der Waals surface area (Å²) in [6, 6.07) is 11.9. The zero-order valence-corrected chi connectivity index (χ0v) is 9.40. The summed E-state index contributed by atoms with van der Waals surface area (Å²) < 4.78 is 5.09. The fraction of sp³-hybridized carbons (Fsp3) is 0.154. The maximum Gasteiger partial charge on any atom is 0.237 e. The maximum atomic E-state index is 5.71. The molecule has 0 saturated carbocycles. The number of methoxy groups -OCH3 is 1. The number of anilines is 1. The highest BCUT2D eigenvalue weighted by atomic mass is 16.5. The summed E-state index contributed by atoms with van der Waals surface area (Å²) in [5.41, 5.74) is 9.42. The van der Waals surface area contributed by atoms with Gasteiger partial charge in [0.15, 0.2) is 0 Å². The van der Waals surface area contributed by atoms with Crippen molar-refractivity contribution in [3.63, 3.8) is 0 Å². The van der Waals surface area contributed by atoms with Gasteiger partial charge in [-0.3, -0.25) is 0 Å². The molecule has 82 valence electrons. The Hall–Kier alpha value is -2.03. The monoisotopic (exact) mass is 214 g/mol. The number of hydrogen-bond acceptors (Lipinski definition) is 3. The smallest absolute Gasteiger partial charge is 0.237 e. The van der Waals surface area contributed by atoms with Crippen LogP contribution in [0.15, 0.2) is 36.4 Å². The second-order valence-electron chi connectivity index (χ2n) is 3.66. The lowest BCUT2D eigenvalue weighted by Gasteiger charge is -2.06. The standard InChI is InChI=1S/C13H14N2O/c1-9-3-5-10(6-4-9)12-8-7-11(14)13(15-12)16-2/h3-8H,14H2,1-2H3. The Morgan fingerprint density at radius 1 is 1.06 bits per heavy atom. The molecule has 3 nitrogen and oxygen atoms in total. The average Bonchev–Trinajstić information content (AvgIpc) is 2.31. The van der Waals surface area contributed by atoms with Crippen LogP contribution in [-0.2, 0) is 0 Å². The van der Waals surface area contributed by atoms with Crippen LogP contribution in [0, 0.1) is 6.92 Å². The predicted molar refractivity (Wildman–Crippen MR) is 65.4 cm³/mol. The highest BCUT2D eigenvalue weighted by molar-refractivity contribution is 5.63. The molecular formula is C13H14N2O. The van der Waals surface area contributed by atoms with Gasteiger partial charge in [0, 0.05) is 5.56 Å². The van der Waals surface area contributed by atoms with Crippen LogP contribution >= 0.6 is 0 Å². The van der Waals surface area contributed by atoms with E-state index in [-0.39, 0.29) is 0 Å². The van der Waals surface area contributed by atoms with E-state index in [4.69, 9.17) is 10.5 Å². The van der Waals surface area contributed by atoms with Gasteiger partial charge in [0.1, 0.15) is 0 Å². The molecule has 0 aliphatic carbocycles. The van der Waals surface area contributed by atoms with Crippen molar-refractivity contribution in [3.8, 4) is 17.1 Å².